The van der Waals surface area contributed by atoms with E-state index in [9.17, 15) is 32.3 Å². The Balaban J connectivity index is 2.99. The van der Waals surface area contributed by atoms with Gasteiger partial charge in [0.15, 0.2) is 0 Å². The molecule has 1 rings (SSSR count). The Morgan fingerprint density at radius 2 is 1.62 bits per heavy atom. The number of hydrogen-bond acceptors (Lipinski definition) is 6. The van der Waals surface area contributed by atoms with Gasteiger partial charge in [-0.05, 0) is 17.9 Å². The summed E-state index contributed by atoms with van der Waals surface area (Å²) in [5, 5.41) is 6.31. The number of Topliss-reactive ketones (excluding diaryl/α,β-unsaturated/α-hetero) is 1. The molecule has 3 N–H and O–H groups in total. The zero-order valence-electron chi connectivity index (χ0n) is 19.2. The number of halogens is 3. The molecule has 12 heteroatoms. The number of carbonyl (C=O) groups is 4. The van der Waals surface area contributed by atoms with Gasteiger partial charge in [-0.25, -0.2) is 4.79 Å². The molecule has 0 spiro atoms. The topological polar surface area (TPSA) is 123 Å². The lowest BCUT2D eigenvalue weighted by Crippen LogP contribution is -2.55. The van der Waals surface area contributed by atoms with E-state index in [1.165, 1.54) is 12.4 Å². The number of nitrogens with one attached hydrogen (secondary N) is 3. The van der Waals surface area contributed by atoms with Crippen molar-refractivity contribution in [3.8, 4) is 0 Å². The fraction of sp³-hybridized carbons (Fsp3) is 0.545. The SMILES string of the molecule is COCCOC(=O)NC(CC(C)C)C(=O)NC(Cc1ccccc1)C(=O)C(=O)NCC(F)(F)F. The number of alkyl carbamates (subject to hydrolysis) is 1. The standard InChI is InChI=1S/C22H30F3N3O6/c1-14(2)11-17(28-21(32)34-10-9-33-3)19(30)27-16(12-15-7-5-4-6-8-15)18(29)20(31)26-13-22(23,24)25/h4-8,14,16-17H,9-13H2,1-3H3,(H,26,31)(H,27,30)(H,28,32). The van der Waals surface area contributed by atoms with E-state index in [0.29, 0.717) is 5.56 Å². The molecule has 0 aliphatic heterocycles. The minimum absolute atomic E-state index is 0.0478. The van der Waals surface area contributed by atoms with Crippen molar-refractivity contribution in [3.63, 3.8) is 0 Å². The summed E-state index contributed by atoms with van der Waals surface area (Å²) in [4.78, 5) is 49.6. The number of carbonyl (C=O) groups excluding carboxylic acids is 4. The molecular weight excluding hydrogens is 459 g/mol. The Labute approximate surface area is 195 Å². The van der Waals surface area contributed by atoms with Crippen molar-refractivity contribution < 1.29 is 41.8 Å². The zero-order chi connectivity index (χ0) is 25.7. The molecule has 0 heterocycles. The van der Waals surface area contributed by atoms with E-state index >= 15 is 0 Å². The summed E-state index contributed by atoms with van der Waals surface area (Å²) in [6.45, 7) is 2.02. The quantitative estimate of drug-likeness (QED) is 0.287. The number of ketones is 1. The second kappa shape index (κ2) is 14.2. The predicted molar refractivity (Wildman–Crippen MR) is 116 cm³/mol. The highest BCUT2D eigenvalue weighted by molar-refractivity contribution is 6.38. The van der Waals surface area contributed by atoms with E-state index in [4.69, 9.17) is 9.47 Å². The summed E-state index contributed by atoms with van der Waals surface area (Å²) in [5.74, 6) is -3.55. The van der Waals surface area contributed by atoms with Crippen LogP contribution in [0.2, 0.25) is 0 Å². The van der Waals surface area contributed by atoms with E-state index in [-0.39, 0.29) is 32.0 Å². The lowest BCUT2D eigenvalue weighted by Gasteiger charge is -2.23. The molecule has 3 amide bonds. The Kier molecular flexibility index (Phi) is 12.1. The molecule has 0 saturated carbocycles. The maximum absolute atomic E-state index is 12.9. The number of hydrogen-bond donors (Lipinski definition) is 3. The van der Waals surface area contributed by atoms with Crippen molar-refractivity contribution in [2.75, 3.05) is 26.9 Å². The van der Waals surface area contributed by atoms with E-state index < -0.39 is 48.5 Å². The van der Waals surface area contributed by atoms with E-state index in [0.717, 1.165) is 0 Å². The number of rotatable bonds is 13. The largest absolute Gasteiger partial charge is 0.447 e. The summed E-state index contributed by atoms with van der Waals surface area (Å²) >= 11 is 0. The average molecular weight is 489 g/mol. The first-order valence-corrected chi connectivity index (χ1v) is 10.6. The molecule has 0 saturated heterocycles. The van der Waals surface area contributed by atoms with Crippen molar-refractivity contribution >= 4 is 23.7 Å². The van der Waals surface area contributed by atoms with Gasteiger partial charge in [-0.1, -0.05) is 44.2 Å². The molecule has 1 aromatic rings. The van der Waals surface area contributed by atoms with Gasteiger partial charge in [0, 0.05) is 13.5 Å². The fourth-order valence-corrected chi connectivity index (χ4v) is 2.86. The van der Waals surface area contributed by atoms with Gasteiger partial charge in [0.1, 0.15) is 25.2 Å². The van der Waals surface area contributed by atoms with Gasteiger partial charge in [-0.15, -0.1) is 0 Å². The van der Waals surface area contributed by atoms with Crippen molar-refractivity contribution in [2.45, 2.75) is 44.9 Å². The molecular formula is C22H30F3N3O6. The van der Waals surface area contributed by atoms with Gasteiger partial charge in [0.05, 0.1) is 6.61 Å². The van der Waals surface area contributed by atoms with Crippen LogP contribution in [-0.2, 0) is 30.3 Å². The summed E-state index contributed by atoms with van der Waals surface area (Å²) in [7, 11) is 1.42. The highest BCUT2D eigenvalue weighted by Crippen LogP contribution is 2.13. The van der Waals surface area contributed by atoms with Crippen LogP contribution in [0.25, 0.3) is 0 Å². The highest BCUT2D eigenvalue weighted by Gasteiger charge is 2.33. The third-order valence-electron chi connectivity index (χ3n) is 4.43. The maximum Gasteiger partial charge on any atom is 0.407 e. The van der Waals surface area contributed by atoms with Gasteiger partial charge >= 0.3 is 12.3 Å². The first-order chi connectivity index (χ1) is 15.9. The van der Waals surface area contributed by atoms with Crippen LogP contribution in [0, 0.1) is 5.92 Å². The van der Waals surface area contributed by atoms with E-state index in [1.54, 1.807) is 44.2 Å². The lowest BCUT2D eigenvalue weighted by molar-refractivity contribution is -0.146. The van der Waals surface area contributed by atoms with Crippen LogP contribution in [0.4, 0.5) is 18.0 Å². The number of alkyl halides is 3. The normalized spacial score (nSPS) is 13.0. The zero-order valence-corrected chi connectivity index (χ0v) is 19.2. The van der Waals surface area contributed by atoms with Crippen molar-refractivity contribution in [3.05, 3.63) is 35.9 Å². The predicted octanol–water partition coefficient (Wildman–Crippen LogP) is 1.75. The van der Waals surface area contributed by atoms with Gasteiger partial charge in [0.25, 0.3) is 5.91 Å². The molecule has 9 nitrogen and oxygen atoms in total. The van der Waals surface area contributed by atoms with E-state index in [2.05, 4.69) is 10.6 Å². The number of benzene rings is 1. The van der Waals surface area contributed by atoms with Crippen molar-refractivity contribution in [1.29, 1.82) is 0 Å². The monoisotopic (exact) mass is 489 g/mol. The second-order valence-corrected chi connectivity index (χ2v) is 7.87. The third-order valence-corrected chi connectivity index (χ3v) is 4.43. The van der Waals surface area contributed by atoms with Crippen molar-refractivity contribution in [2.24, 2.45) is 5.92 Å². The molecule has 2 unspecified atom stereocenters. The molecule has 190 valence electrons. The second-order valence-electron chi connectivity index (χ2n) is 7.87. The van der Waals surface area contributed by atoms with Gasteiger partial charge < -0.3 is 25.4 Å². The molecule has 2 atom stereocenters. The van der Waals surface area contributed by atoms with E-state index in [1.807, 2.05) is 0 Å². The highest BCUT2D eigenvalue weighted by atomic mass is 19.4. The molecule has 0 aliphatic rings. The first kappa shape index (κ1) is 28.9. The van der Waals surface area contributed by atoms with Crippen LogP contribution < -0.4 is 16.0 Å². The molecule has 0 bridgehead atoms. The molecule has 34 heavy (non-hydrogen) atoms. The first-order valence-electron chi connectivity index (χ1n) is 10.6. The molecule has 0 radical (unpaired) electrons. The fourth-order valence-electron chi connectivity index (χ4n) is 2.86. The smallest absolute Gasteiger partial charge is 0.407 e. The third kappa shape index (κ3) is 11.6. The molecule has 0 fully saturated rings. The summed E-state index contributed by atoms with van der Waals surface area (Å²) < 4.78 is 47.0. The Morgan fingerprint density at radius 3 is 2.18 bits per heavy atom. The number of amides is 3. The van der Waals surface area contributed by atoms with Gasteiger partial charge in [-0.3, -0.25) is 14.4 Å². The van der Waals surface area contributed by atoms with Crippen LogP contribution in [0.15, 0.2) is 30.3 Å². The molecule has 1 aromatic carbocycles. The lowest BCUT2D eigenvalue weighted by atomic mass is 9.99. The van der Waals surface area contributed by atoms with Gasteiger partial charge in [-0.2, -0.15) is 13.2 Å². The maximum atomic E-state index is 12.9. The Bertz CT molecular complexity index is 818. The Morgan fingerprint density at radius 1 is 0.971 bits per heavy atom. The minimum atomic E-state index is -4.70. The van der Waals surface area contributed by atoms with Crippen LogP contribution in [0.5, 0.6) is 0 Å². The summed E-state index contributed by atoms with van der Waals surface area (Å²) in [6, 6.07) is 5.76. The van der Waals surface area contributed by atoms with Crippen LogP contribution in [-0.4, -0.2) is 68.8 Å². The summed E-state index contributed by atoms with van der Waals surface area (Å²) in [5.41, 5.74) is 0.567. The summed E-state index contributed by atoms with van der Waals surface area (Å²) in [6.07, 6.45) is -5.55. The number of methoxy groups -OCH3 is 1. The van der Waals surface area contributed by atoms with Crippen LogP contribution in [0.1, 0.15) is 25.8 Å². The Hall–Kier alpha value is -3.15. The molecule has 0 aromatic heterocycles. The molecule has 0 aliphatic carbocycles. The van der Waals surface area contributed by atoms with Crippen LogP contribution >= 0.6 is 0 Å². The minimum Gasteiger partial charge on any atom is -0.447 e. The average Bonchev–Trinajstić information content (AvgIpc) is 2.76. The number of ether oxygens (including phenoxy) is 2. The van der Waals surface area contributed by atoms with Crippen LogP contribution in [0.3, 0.4) is 0 Å². The van der Waals surface area contributed by atoms with Gasteiger partial charge in [0.2, 0.25) is 11.7 Å². The van der Waals surface area contributed by atoms with Crippen molar-refractivity contribution in [1.82, 2.24) is 16.0 Å².